The summed E-state index contributed by atoms with van der Waals surface area (Å²) >= 11 is 0. The third kappa shape index (κ3) is 2.60. The number of nitrogens with one attached hydrogen (secondary N) is 1. The van der Waals surface area contributed by atoms with Crippen molar-refractivity contribution in [3.05, 3.63) is 48.4 Å². The number of nitrogens with zero attached hydrogens (tertiary/aromatic N) is 2. The number of amides is 2. The highest BCUT2D eigenvalue weighted by molar-refractivity contribution is 6.04. The fourth-order valence-corrected chi connectivity index (χ4v) is 3.25. The van der Waals surface area contributed by atoms with Crippen LogP contribution in [0.2, 0.25) is 0 Å². The first kappa shape index (κ1) is 14.0. The maximum atomic E-state index is 12.8. The fourth-order valence-electron chi connectivity index (χ4n) is 3.25. The molecule has 2 unspecified atom stereocenters. The number of hydrogen-bond donors (Lipinski definition) is 1. The first-order valence-electron chi connectivity index (χ1n) is 7.83. The molecule has 0 radical (unpaired) electrons. The van der Waals surface area contributed by atoms with Crippen LogP contribution in [0, 0.1) is 5.92 Å². The smallest absolute Gasteiger partial charge is 0.274 e. The molecule has 2 heterocycles. The number of para-hydroxylation sites is 1. The summed E-state index contributed by atoms with van der Waals surface area (Å²) in [6, 6.07) is 10.8. The molecule has 1 aromatic carbocycles. The molecule has 2 amide bonds. The summed E-state index contributed by atoms with van der Waals surface area (Å²) in [7, 11) is 0. The molecule has 1 aliphatic heterocycles. The molecule has 2 aliphatic rings. The van der Waals surface area contributed by atoms with Gasteiger partial charge in [0.25, 0.3) is 5.91 Å². The minimum Gasteiger partial charge on any atom is -0.364 e. The first-order chi connectivity index (χ1) is 11.2. The van der Waals surface area contributed by atoms with E-state index >= 15 is 0 Å². The van der Waals surface area contributed by atoms with Gasteiger partial charge in [0.2, 0.25) is 5.91 Å². The van der Waals surface area contributed by atoms with E-state index < -0.39 is 6.04 Å². The molecule has 6 nitrogen and oxygen atoms in total. The number of benzene rings is 1. The van der Waals surface area contributed by atoms with Crippen LogP contribution in [-0.4, -0.2) is 29.1 Å². The van der Waals surface area contributed by atoms with Gasteiger partial charge in [0, 0.05) is 17.8 Å². The van der Waals surface area contributed by atoms with Gasteiger partial charge in [0.15, 0.2) is 5.69 Å². The minimum absolute atomic E-state index is 0.0510. The van der Waals surface area contributed by atoms with Gasteiger partial charge in [0.1, 0.15) is 12.3 Å². The molecule has 1 aromatic heterocycles. The van der Waals surface area contributed by atoms with Crippen LogP contribution < -0.4 is 10.2 Å². The van der Waals surface area contributed by atoms with Crippen LogP contribution in [0.5, 0.6) is 0 Å². The van der Waals surface area contributed by atoms with Crippen molar-refractivity contribution < 1.29 is 14.1 Å². The Kier molecular flexibility index (Phi) is 3.37. The number of rotatable bonds is 4. The summed E-state index contributed by atoms with van der Waals surface area (Å²) in [5.41, 5.74) is 1.09. The molecule has 6 heteroatoms. The van der Waals surface area contributed by atoms with Gasteiger partial charge in [-0.2, -0.15) is 0 Å². The van der Waals surface area contributed by atoms with E-state index in [1.165, 1.54) is 12.3 Å². The second-order valence-corrected chi connectivity index (χ2v) is 6.10. The van der Waals surface area contributed by atoms with Gasteiger partial charge in [-0.25, -0.2) is 0 Å². The van der Waals surface area contributed by atoms with Gasteiger partial charge in [-0.05, 0) is 37.3 Å². The average molecular weight is 311 g/mol. The van der Waals surface area contributed by atoms with E-state index in [9.17, 15) is 9.59 Å². The molecule has 2 aromatic rings. The van der Waals surface area contributed by atoms with Gasteiger partial charge in [0.05, 0.1) is 0 Å². The highest BCUT2D eigenvalue weighted by atomic mass is 16.5. The van der Waals surface area contributed by atoms with Gasteiger partial charge < -0.3 is 14.7 Å². The van der Waals surface area contributed by atoms with Crippen LogP contribution in [0.3, 0.4) is 0 Å². The summed E-state index contributed by atoms with van der Waals surface area (Å²) < 4.78 is 4.68. The van der Waals surface area contributed by atoms with E-state index in [4.69, 9.17) is 0 Å². The Bertz CT molecular complexity index is 710. The van der Waals surface area contributed by atoms with Crippen LogP contribution in [-0.2, 0) is 4.79 Å². The molecule has 2 fully saturated rings. The fraction of sp³-hybridized carbons (Fsp3) is 0.353. The summed E-state index contributed by atoms with van der Waals surface area (Å²) in [5.74, 6) is 0.111. The lowest BCUT2D eigenvalue weighted by atomic mass is 10.1. The van der Waals surface area contributed by atoms with Gasteiger partial charge >= 0.3 is 0 Å². The van der Waals surface area contributed by atoms with E-state index in [0.29, 0.717) is 12.3 Å². The predicted octanol–water partition coefficient (Wildman–Crippen LogP) is 1.99. The van der Waals surface area contributed by atoms with Gasteiger partial charge in [-0.1, -0.05) is 23.4 Å². The Morgan fingerprint density at radius 2 is 2.00 bits per heavy atom. The average Bonchev–Trinajstić information content (AvgIpc) is 3.16. The maximum absolute atomic E-state index is 12.8. The Balaban J connectivity index is 1.56. The lowest BCUT2D eigenvalue weighted by Crippen LogP contribution is -2.42. The molecule has 0 spiro atoms. The highest BCUT2D eigenvalue weighted by Gasteiger charge is 2.47. The molecule has 1 saturated heterocycles. The molecular weight excluding hydrogens is 294 g/mol. The monoisotopic (exact) mass is 311 g/mol. The van der Waals surface area contributed by atoms with E-state index in [1.807, 2.05) is 35.2 Å². The van der Waals surface area contributed by atoms with Crippen LogP contribution in [0.1, 0.15) is 29.8 Å². The zero-order valence-corrected chi connectivity index (χ0v) is 12.5. The SMILES string of the molecule is O=C(NC1CC(C2CC2)N(c2ccccc2)C1=O)c1ccon1. The minimum atomic E-state index is -0.509. The van der Waals surface area contributed by atoms with Crippen molar-refractivity contribution in [3.63, 3.8) is 0 Å². The number of aromatic nitrogens is 1. The number of carbonyl (C=O) groups excluding carboxylic acids is 2. The molecule has 1 N–H and O–H groups in total. The largest absolute Gasteiger partial charge is 0.364 e. The zero-order valence-electron chi connectivity index (χ0n) is 12.5. The Labute approximate surface area is 133 Å². The zero-order chi connectivity index (χ0) is 15.8. The number of hydrogen-bond acceptors (Lipinski definition) is 4. The second-order valence-electron chi connectivity index (χ2n) is 6.10. The Morgan fingerprint density at radius 1 is 1.22 bits per heavy atom. The topological polar surface area (TPSA) is 75.4 Å². The van der Waals surface area contributed by atoms with Crippen LogP contribution in [0.15, 0.2) is 47.2 Å². The third-order valence-electron chi connectivity index (χ3n) is 4.52. The van der Waals surface area contributed by atoms with Crippen molar-refractivity contribution >= 4 is 17.5 Å². The van der Waals surface area contributed by atoms with E-state index in [2.05, 4.69) is 15.0 Å². The van der Waals surface area contributed by atoms with Crippen molar-refractivity contribution in [2.75, 3.05) is 4.90 Å². The standard InChI is InChI=1S/C17H17N3O3/c21-16(13-8-9-23-19-13)18-14-10-15(11-6-7-11)20(17(14)22)12-4-2-1-3-5-12/h1-5,8-9,11,14-15H,6-7,10H2,(H,18,21). The number of carbonyl (C=O) groups is 2. The van der Waals surface area contributed by atoms with Crippen molar-refractivity contribution in [3.8, 4) is 0 Å². The van der Waals surface area contributed by atoms with Crippen LogP contribution >= 0.6 is 0 Å². The highest BCUT2D eigenvalue weighted by Crippen LogP contribution is 2.42. The first-order valence-corrected chi connectivity index (χ1v) is 7.83. The second kappa shape index (κ2) is 5.53. The normalized spacial score (nSPS) is 24.0. The van der Waals surface area contributed by atoms with Crippen molar-refractivity contribution in [1.29, 1.82) is 0 Å². The molecular formula is C17H17N3O3. The summed E-state index contributed by atoms with van der Waals surface area (Å²) in [6.45, 7) is 0. The molecule has 23 heavy (non-hydrogen) atoms. The van der Waals surface area contributed by atoms with E-state index in [0.717, 1.165) is 18.5 Å². The molecule has 1 aliphatic carbocycles. The van der Waals surface area contributed by atoms with Crippen LogP contribution in [0.25, 0.3) is 0 Å². The third-order valence-corrected chi connectivity index (χ3v) is 4.52. The summed E-state index contributed by atoms with van der Waals surface area (Å²) in [5, 5.41) is 6.41. The van der Waals surface area contributed by atoms with Crippen molar-refractivity contribution in [1.82, 2.24) is 10.5 Å². The molecule has 4 rings (SSSR count). The van der Waals surface area contributed by atoms with E-state index in [1.54, 1.807) is 0 Å². The summed E-state index contributed by atoms with van der Waals surface area (Å²) in [4.78, 5) is 26.8. The lowest BCUT2D eigenvalue weighted by Gasteiger charge is -2.24. The Morgan fingerprint density at radius 3 is 2.65 bits per heavy atom. The van der Waals surface area contributed by atoms with Crippen molar-refractivity contribution in [2.45, 2.75) is 31.3 Å². The summed E-state index contributed by atoms with van der Waals surface area (Å²) in [6.07, 6.45) is 4.27. The number of anilines is 1. The maximum Gasteiger partial charge on any atom is 0.274 e. The molecule has 118 valence electrons. The van der Waals surface area contributed by atoms with E-state index in [-0.39, 0.29) is 23.6 Å². The predicted molar refractivity (Wildman–Crippen MR) is 82.8 cm³/mol. The molecule has 1 saturated carbocycles. The van der Waals surface area contributed by atoms with Crippen LogP contribution in [0.4, 0.5) is 5.69 Å². The van der Waals surface area contributed by atoms with Gasteiger partial charge in [-0.3, -0.25) is 9.59 Å². The van der Waals surface area contributed by atoms with Gasteiger partial charge in [-0.15, -0.1) is 0 Å². The lowest BCUT2D eigenvalue weighted by molar-refractivity contribution is -0.118. The van der Waals surface area contributed by atoms with Crippen molar-refractivity contribution in [2.24, 2.45) is 5.92 Å². The quantitative estimate of drug-likeness (QED) is 0.937. The molecule has 0 bridgehead atoms. The Hall–Kier alpha value is -2.63. The molecule has 2 atom stereocenters.